The third-order valence-corrected chi connectivity index (χ3v) is 19.9. The minimum atomic E-state index is -1.14. The Labute approximate surface area is 479 Å². The molecule has 4 aromatic heterocycles. The molecule has 10 aliphatic rings. The molecule has 1 spiro atoms. The van der Waals surface area contributed by atoms with Crippen molar-refractivity contribution >= 4 is 34.4 Å². The smallest absolute Gasteiger partial charge is 0.325 e. The maximum Gasteiger partial charge on any atom is 0.325 e. The Kier molecular flexibility index (Phi) is 13.8. The molecule has 2 N–H and O–H groups in total. The highest BCUT2D eigenvalue weighted by Gasteiger charge is 2.59. The summed E-state index contributed by atoms with van der Waals surface area (Å²) in [5, 5.41) is 5.89. The summed E-state index contributed by atoms with van der Waals surface area (Å²) >= 11 is 0. The molecular formula is C62H80N10O10. The monoisotopic (exact) mass is 1120 g/mol. The number of nitrogens with zero attached hydrogens (tertiary/aromatic N) is 8. The summed E-state index contributed by atoms with van der Waals surface area (Å²) in [6, 6.07) is 6.63. The number of hydrogen-bond acceptors (Lipinski definition) is 17. The van der Waals surface area contributed by atoms with Crippen molar-refractivity contribution in [1.82, 2.24) is 45.1 Å². The number of rotatable bonds is 13. The Balaban J connectivity index is 0.904. The largest absolute Gasteiger partial charge is 0.464 e. The lowest BCUT2D eigenvalue weighted by atomic mass is 9.72. The lowest BCUT2D eigenvalue weighted by Gasteiger charge is -2.58. The quantitative estimate of drug-likeness (QED) is 0.116. The molecule has 11 heterocycles. The van der Waals surface area contributed by atoms with E-state index >= 15 is 4.79 Å². The van der Waals surface area contributed by atoms with Crippen LogP contribution in [0.25, 0.3) is 33.4 Å². The number of piperazine rings is 1. The molecule has 6 saturated heterocycles. The van der Waals surface area contributed by atoms with Gasteiger partial charge in [0.25, 0.3) is 5.91 Å². The van der Waals surface area contributed by atoms with Crippen LogP contribution < -0.4 is 15.6 Å². The molecule has 1 aromatic carbocycles. The molecule has 5 aromatic rings. The topological polar surface area (TPSA) is 204 Å². The van der Waals surface area contributed by atoms with Gasteiger partial charge in [0.05, 0.1) is 73.2 Å². The van der Waals surface area contributed by atoms with Crippen molar-refractivity contribution in [1.29, 1.82) is 0 Å². The van der Waals surface area contributed by atoms with Gasteiger partial charge in [0.15, 0.2) is 6.39 Å². The van der Waals surface area contributed by atoms with Gasteiger partial charge in [-0.15, -0.1) is 0 Å². The first-order valence-electron chi connectivity index (χ1n) is 30.2. The van der Waals surface area contributed by atoms with Crippen molar-refractivity contribution in [3.8, 4) is 22.5 Å². The van der Waals surface area contributed by atoms with E-state index in [4.69, 9.17) is 42.5 Å². The van der Waals surface area contributed by atoms with Crippen LogP contribution in [0.1, 0.15) is 121 Å². The van der Waals surface area contributed by atoms with Gasteiger partial charge in [-0.25, -0.2) is 15.4 Å². The highest BCUT2D eigenvalue weighted by molar-refractivity contribution is 5.96. The van der Waals surface area contributed by atoms with Gasteiger partial charge in [0.2, 0.25) is 11.8 Å². The highest BCUT2D eigenvalue weighted by Crippen LogP contribution is 2.54. The number of pyridine rings is 1. The number of carbonyl (C=O) groups is 3. The number of fused-ring (bicyclic) bond motifs is 4. The summed E-state index contributed by atoms with van der Waals surface area (Å²) in [6.45, 7) is 20.8. The Morgan fingerprint density at radius 2 is 1.77 bits per heavy atom. The Hall–Kier alpha value is -5.74. The summed E-state index contributed by atoms with van der Waals surface area (Å²) in [5.41, 5.74) is 10.6. The summed E-state index contributed by atoms with van der Waals surface area (Å²) in [6.07, 6.45) is 12.4. The van der Waals surface area contributed by atoms with Crippen LogP contribution in [0.4, 0.5) is 5.69 Å². The maximum absolute atomic E-state index is 15.6. The number of ether oxygens (including phenoxy) is 5. The van der Waals surface area contributed by atoms with Crippen LogP contribution in [-0.2, 0) is 51.0 Å². The Bertz CT molecular complexity index is 3220. The molecular weight excluding hydrogens is 1040 g/mol. The standard InChI is InChI=1S/C62H80N10O10/c1-35-49(47-27-77-34-64-47)50(35)56(73)66-53-55(70-29-62(30-70)32-78-33-62)57-65-46(28-80-57)37-8-11-48-43(22-37)45(25-60(3,4)31-81-59(75)52-38-20-40(21-38)72(67-52)58(53)74)54(71(48)17-19-79-42-12-18-82-61(5,6)24-42)44-23-41(26-63-51(44)36(2)76-7)69-15-13-68(14-16-69)39-9-10-39/h8,11,22-23,26-28,34-36,38-40,42,49-50,52-53,55,67H,9-10,12-21,24-25,29-33H2,1-7H3,(H,66,73)/t35-,36-,38?,40?,42-,49-,50+,52-,53-,55-/m0/s1. The average molecular weight is 1130 g/mol. The van der Waals surface area contributed by atoms with E-state index in [-0.39, 0.29) is 65.4 Å². The van der Waals surface area contributed by atoms with Crippen LogP contribution in [0.2, 0.25) is 0 Å². The van der Waals surface area contributed by atoms with Crippen LogP contribution in [0, 0.1) is 28.6 Å². The number of likely N-dealkylation sites (tertiary alicyclic amines) is 1. The Morgan fingerprint density at radius 1 is 0.963 bits per heavy atom. The lowest BCUT2D eigenvalue weighted by molar-refractivity contribution is -0.205. The molecule has 8 atom stereocenters. The van der Waals surface area contributed by atoms with Gasteiger partial charge in [-0.1, -0.05) is 26.8 Å². The second kappa shape index (κ2) is 20.8. The van der Waals surface area contributed by atoms with E-state index < -0.39 is 35.4 Å². The predicted molar refractivity (Wildman–Crippen MR) is 302 cm³/mol. The van der Waals surface area contributed by atoms with Crippen LogP contribution in [0.5, 0.6) is 0 Å². The fourth-order valence-electron chi connectivity index (χ4n) is 14.9. The first kappa shape index (κ1) is 54.2. The number of oxazole rings is 2. The molecule has 3 saturated carbocycles. The molecule has 20 heteroatoms. The van der Waals surface area contributed by atoms with Crippen molar-refractivity contribution in [3.63, 3.8) is 0 Å². The SMILES string of the molecule is CO[C@@H](C)c1ncc(N2CCN(C3CC3)CC2)cc1-c1c2c3cc(ccc3n1CCO[C@H]1CCOC(C)(C)C1)-c1coc(n1)[C@@H](N1CC3(COC3)C1)[C@H](NC(=O)[C@@H]1[C@@H](C)[C@H]1c1cocn1)C(=O)N1N[C@H](C(=O)OCC(C)(C)C2)C2CC1C2. The molecule has 3 aliphatic carbocycles. The van der Waals surface area contributed by atoms with Crippen molar-refractivity contribution < 1.29 is 46.9 Å². The molecule has 0 radical (unpaired) electrons. The fourth-order valence-corrected chi connectivity index (χ4v) is 14.9. The number of cyclic esters (lactones) is 1. The third kappa shape index (κ3) is 9.94. The molecule has 82 heavy (non-hydrogen) atoms. The van der Waals surface area contributed by atoms with E-state index in [9.17, 15) is 9.59 Å². The molecule has 2 amide bonds. The number of nitrogens with one attached hydrogen (secondary N) is 2. The van der Waals surface area contributed by atoms with Gasteiger partial charge < -0.3 is 47.3 Å². The number of hydrazine groups is 1. The molecule has 8 bridgehead atoms. The molecule has 15 rings (SSSR count). The number of methoxy groups -OCH3 is 1. The first-order valence-corrected chi connectivity index (χ1v) is 30.2. The van der Waals surface area contributed by atoms with Gasteiger partial charge in [-0.2, -0.15) is 0 Å². The number of benzene rings is 1. The van der Waals surface area contributed by atoms with E-state index in [1.54, 1.807) is 24.6 Å². The fraction of sp³-hybridized carbons (Fsp3) is 0.645. The van der Waals surface area contributed by atoms with Gasteiger partial charge in [-0.05, 0) is 94.9 Å². The second-order valence-corrected chi connectivity index (χ2v) is 26.9. The molecule has 9 fully saturated rings. The van der Waals surface area contributed by atoms with Crippen molar-refractivity contribution in [3.05, 3.63) is 72.2 Å². The number of anilines is 1. The van der Waals surface area contributed by atoms with Crippen LogP contribution in [0.3, 0.4) is 0 Å². The van der Waals surface area contributed by atoms with Crippen LogP contribution in [0.15, 0.2) is 58.2 Å². The van der Waals surface area contributed by atoms with Crippen molar-refractivity contribution in [2.24, 2.45) is 28.6 Å². The zero-order chi connectivity index (χ0) is 56.4. The zero-order valence-corrected chi connectivity index (χ0v) is 48.6. The summed E-state index contributed by atoms with van der Waals surface area (Å²) in [7, 11) is 1.74. The van der Waals surface area contributed by atoms with Gasteiger partial charge in [0.1, 0.15) is 36.3 Å². The van der Waals surface area contributed by atoms with Crippen LogP contribution in [-0.4, -0.2) is 167 Å². The average Bonchev–Trinajstić information content (AvgIpc) is 2.79. The first-order chi connectivity index (χ1) is 39.5. The number of amides is 2. The number of hydrogen-bond donors (Lipinski definition) is 2. The third-order valence-electron chi connectivity index (χ3n) is 19.9. The summed E-state index contributed by atoms with van der Waals surface area (Å²) in [4.78, 5) is 67.4. The summed E-state index contributed by atoms with van der Waals surface area (Å²) in [5.74, 6) is -1.36. The normalized spacial score (nSPS) is 30.9. The number of aromatic nitrogens is 4. The molecule has 7 aliphatic heterocycles. The second-order valence-electron chi connectivity index (χ2n) is 26.9. The molecule has 20 nitrogen and oxygen atoms in total. The molecule has 0 unspecified atom stereocenters. The highest BCUT2D eigenvalue weighted by atomic mass is 16.5. The number of carbonyl (C=O) groups excluding carboxylic acids is 3. The molecule has 438 valence electrons. The maximum atomic E-state index is 15.6. The Morgan fingerprint density at radius 3 is 2.49 bits per heavy atom. The van der Waals surface area contributed by atoms with Gasteiger partial charge in [0, 0.05) is 123 Å². The summed E-state index contributed by atoms with van der Waals surface area (Å²) < 4.78 is 45.7. The lowest BCUT2D eigenvalue weighted by Crippen LogP contribution is -2.73. The van der Waals surface area contributed by atoms with Crippen LogP contribution >= 0.6 is 0 Å². The van der Waals surface area contributed by atoms with Gasteiger partial charge >= 0.3 is 5.97 Å². The minimum absolute atomic E-state index is 0.0205. The van der Waals surface area contributed by atoms with Gasteiger partial charge in [-0.3, -0.25) is 34.2 Å². The number of esters is 1. The van der Waals surface area contributed by atoms with Crippen molar-refractivity contribution in [2.45, 2.75) is 147 Å². The van der Waals surface area contributed by atoms with E-state index in [2.05, 4.69) is 93.9 Å². The predicted octanol–water partition coefficient (Wildman–Crippen LogP) is 6.84. The van der Waals surface area contributed by atoms with Crippen molar-refractivity contribution in [2.75, 3.05) is 84.3 Å². The zero-order valence-electron chi connectivity index (χ0n) is 48.6. The van der Waals surface area contributed by atoms with E-state index in [0.29, 0.717) is 88.6 Å². The van der Waals surface area contributed by atoms with E-state index in [0.717, 1.165) is 83.7 Å². The van der Waals surface area contributed by atoms with E-state index in [1.807, 2.05) is 13.1 Å². The minimum Gasteiger partial charge on any atom is -0.464 e. The van der Waals surface area contributed by atoms with E-state index in [1.165, 1.54) is 19.2 Å².